The summed E-state index contributed by atoms with van der Waals surface area (Å²) in [6.45, 7) is 3.35. The monoisotopic (exact) mass is 386 g/mol. The molecule has 0 bridgehead atoms. The lowest BCUT2D eigenvalue weighted by Crippen LogP contribution is -2.40. The van der Waals surface area contributed by atoms with Crippen molar-refractivity contribution >= 4 is 23.6 Å². The maximum absolute atomic E-state index is 12.7. The van der Waals surface area contributed by atoms with Crippen LogP contribution in [0.3, 0.4) is 0 Å². The largest absolute Gasteiger partial charge is 0.416 e. The molecule has 0 spiro atoms. The number of alkyl halides is 3. The Morgan fingerprint density at radius 1 is 1.27 bits per heavy atom. The third kappa shape index (κ3) is 4.16. The van der Waals surface area contributed by atoms with Gasteiger partial charge in [0.1, 0.15) is 5.37 Å². The second-order valence-electron chi connectivity index (χ2n) is 6.56. The lowest BCUT2D eigenvalue weighted by atomic mass is 10.1. The minimum absolute atomic E-state index is 0.0465. The number of likely N-dealkylation sites (N-methyl/N-ethyl adjacent to an activating group) is 1. The summed E-state index contributed by atoms with van der Waals surface area (Å²) in [6.07, 6.45) is -2.51. The van der Waals surface area contributed by atoms with Crippen LogP contribution in [0.25, 0.3) is 0 Å². The first-order valence-electron chi connectivity index (χ1n) is 8.68. The normalized spacial score (nSPS) is 20.5. The Kier molecular flexibility index (Phi) is 5.50. The van der Waals surface area contributed by atoms with Gasteiger partial charge in [-0.2, -0.15) is 13.2 Å². The number of thioether (sulfide) groups is 1. The first-order valence-corrected chi connectivity index (χ1v) is 9.73. The van der Waals surface area contributed by atoms with E-state index in [1.807, 2.05) is 6.92 Å². The van der Waals surface area contributed by atoms with Crippen LogP contribution in [0.15, 0.2) is 24.3 Å². The summed E-state index contributed by atoms with van der Waals surface area (Å²) in [5.41, 5.74) is -0.0280. The molecule has 2 aliphatic rings. The van der Waals surface area contributed by atoms with Crippen LogP contribution in [-0.2, 0) is 15.8 Å². The van der Waals surface area contributed by atoms with E-state index in [2.05, 4.69) is 0 Å². The lowest BCUT2D eigenvalue weighted by molar-refractivity contribution is -0.137. The molecule has 26 heavy (non-hydrogen) atoms. The molecule has 1 saturated heterocycles. The molecule has 8 heteroatoms. The van der Waals surface area contributed by atoms with Crippen molar-refractivity contribution in [3.63, 3.8) is 0 Å². The van der Waals surface area contributed by atoms with Crippen LogP contribution >= 0.6 is 11.8 Å². The molecule has 3 rings (SSSR count). The number of carbonyl (C=O) groups excluding carboxylic acids is 2. The summed E-state index contributed by atoms with van der Waals surface area (Å²) >= 11 is 1.40. The third-order valence-electron chi connectivity index (χ3n) is 4.72. The van der Waals surface area contributed by atoms with E-state index in [9.17, 15) is 22.8 Å². The quantitative estimate of drug-likeness (QED) is 0.751. The topological polar surface area (TPSA) is 40.6 Å². The van der Waals surface area contributed by atoms with Crippen LogP contribution in [0.5, 0.6) is 0 Å². The lowest BCUT2D eigenvalue weighted by Gasteiger charge is -2.28. The average molecular weight is 386 g/mol. The Morgan fingerprint density at radius 2 is 1.92 bits per heavy atom. The molecule has 1 aliphatic heterocycles. The van der Waals surface area contributed by atoms with Gasteiger partial charge in [0, 0.05) is 25.6 Å². The zero-order chi connectivity index (χ0) is 18.9. The molecular formula is C18H21F3N2O2S. The van der Waals surface area contributed by atoms with Crippen molar-refractivity contribution in [2.24, 2.45) is 5.92 Å². The molecule has 2 amide bonds. The SMILES string of the molecule is CCN(CCN1C(=O)CS[C@@H]1c1ccc(C(F)(F)F)cc1)C(=O)C1CC1. The molecule has 0 N–H and O–H groups in total. The molecule has 4 nitrogen and oxygen atoms in total. The maximum atomic E-state index is 12.7. The fourth-order valence-electron chi connectivity index (χ4n) is 3.05. The van der Waals surface area contributed by atoms with Crippen LogP contribution in [-0.4, -0.2) is 47.0 Å². The van der Waals surface area contributed by atoms with Crippen molar-refractivity contribution in [2.45, 2.75) is 31.3 Å². The Balaban J connectivity index is 1.67. The molecule has 1 aromatic carbocycles. The second-order valence-corrected chi connectivity index (χ2v) is 7.63. The first-order chi connectivity index (χ1) is 12.3. The summed E-state index contributed by atoms with van der Waals surface area (Å²) in [6, 6.07) is 4.95. The molecule has 1 saturated carbocycles. The van der Waals surface area contributed by atoms with Gasteiger partial charge in [0.05, 0.1) is 11.3 Å². The molecule has 1 heterocycles. The number of nitrogens with zero attached hydrogens (tertiary/aromatic N) is 2. The van der Waals surface area contributed by atoms with E-state index in [-0.39, 0.29) is 23.1 Å². The van der Waals surface area contributed by atoms with Gasteiger partial charge < -0.3 is 9.80 Å². The molecule has 0 aromatic heterocycles. The minimum atomic E-state index is -4.37. The van der Waals surface area contributed by atoms with Crippen LogP contribution in [0.2, 0.25) is 0 Å². The van der Waals surface area contributed by atoms with Gasteiger partial charge >= 0.3 is 6.18 Å². The number of halogens is 3. The van der Waals surface area contributed by atoms with Crippen molar-refractivity contribution in [1.82, 2.24) is 9.80 Å². The average Bonchev–Trinajstić information content (AvgIpc) is 3.39. The van der Waals surface area contributed by atoms with Gasteiger partial charge in [-0.25, -0.2) is 0 Å². The Morgan fingerprint density at radius 3 is 2.46 bits per heavy atom. The number of hydrogen-bond donors (Lipinski definition) is 0. The maximum Gasteiger partial charge on any atom is 0.416 e. The van der Waals surface area contributed by atoms with Crippen molar-refractivity contribution < 1.29 is 22.8 Å². The van der Waals surface area contributed by atoms with E-state index < -0.39 is 11.7 Å². The van der Waals surface area contributed by atoms with Crippen LogP contribution in [0.1, 0.15) is 36.3 Å². The summed E-state index contributed by atoms with van der Waals surface area (Å²) in [5, 5.41) is -0.306. The van der Waals surface area contributed by atoms with E-state index in [1.165, 1.54) is 23.9 Å². The highest BCUT2D eigenvalue weighted by molar-refractivity contribution is 8.00. The van der Waals surface area contributed by atoms with E-state index >= 15 is 0 Å². The van der Waals surface area contributed by atoms with Gasteiger partial charge in [0.25, 0.3) is 0 Å². The van der Waals surface area contributed by atoms with Gasteiger partial charge in [-0.1, -0.05) is 12.1 Å². The third-order valence-corrected chi connectivity index (χ3v) is 5.98. The van der Waals surface area contributed by atoms with Crippen LogP contribution < -0.4 is 0 Å². The molecule has 1 atom stereocenters. The van der Waals surface area contributed by atoms with Gasteiger partial charge in [-0.3, -0.25) is 9.59 Å². The van der Waals surface area contributed by atoms with Crippen LogP contribution in [0, 0.1) is 5.92 Å². The smallest absolute Gasteiger partial charge is 0.341 e. The predicted octanol–water partition coefficient (Wildman–Crippen LogP) is 3.54. The Bertz CT molecular complexity index is 674. The predicted molar refractivity (Wildman–Crippen MR) is 93.3 cm³/mol. The van der Waals surface area contributed by atoms with Gasteiger partial charge in [0.15, 0.2) is 0 Å². The fourth-order valence-corrected chi connectivity index (χ4v) is 4.27. The van der Waals surface area contributed by atoms with Gasteiger partial charge in [-0.15, -0.1) is 11.8 Å². The molecule has 142 valence electrons. The summed E-state index contributed by atoms with van der Waals surface area (Å²) < 4.78 is 38.2. The van der Waals surface area contributed by atoms with E-state index in [4.69, 9.17) is 0 Å². The van der Waals surface area contributed by atoms with E-state index in [1.54, 1.807) is 9.80 Å². The highest BCUT2D eigenvalue weighted by Gasteiger charge is 2.36. The summed E-state index contributed by atoms with van der Waals surface area (Å²) in [4.78, 5) is 27.9. The minimum Gasteiger partial charge on any atom is -0.341 e. The fraction of sp³-hybridized carbons (Fsp3) is 0.556. The van der Waals surface area contributed by atoms with Crippen LogP contribution in [0.4, 0.5) is 13.2 Å². The zero-order valence-electron chi connectivity index (χ0n) is 14.5. The number of hydrogen-bond acceptors (Lipinski definition) is 3. The zero-order valence-corrected chi connectivity index (χ0v) is 15.3. The van der Waals surface area contributed by atoms with Crippen molar-refractivity contribution in [3.8, 4) is 0 Å². The highest BCUT2D eigenvalue weighted by Crippen LogP contribution is 2.39. The Labute approximate surface area is 154 Å². The summed E-state index contributed by atoms with van der Waals surface area (Å²) in [7, 11) is 0. The van der Waals surface area contributed by atoms with Crippen molar-refractivity contribution in [2.75, 3.05) is 25.4 Å². The summed E-state index contributed by atoms with van der Waals surface area (Å²) in [5.74, 6) is 0.519. The number of rotatable bonds is 6. The number of amides is 2. The number of carbonyl (C=O) groups is 2. The molecular weight excluding hydrogens is 365 g/mol. The molecule has 1 aromatic rings. The molecule has 0 unspecified atom stereocenters. The second kappa shape index (κ2) is 7.50. The highest BCUT2D eigenvalue weighted by atomic mass is 32.2. The Hall–Kier alpha value is -1.70. The van der Waals surface area contributed by atoms with E-state index in [0.29, 0.717) is 31.0 Å². The van der Waals surface area contributed by atoms with Gasteiger partial charge in [0.2, 0.25) is 11.8 Å². The van der Waals surface area contributed by atoms with Crippen molar-refractivity contribution in [3.05, 3.63) is 35.4 Å². The first kappa shape index (κ1) is 19.1. The van der Waals surface area contributed by atoms with E-state index in [0.717, 1.165) is 25.0 Å². The number of benzene rings is 1. The molecule has 0 radical (unpaired) electrons. The van der Waals surface area contributed by atoms with Gasteiger partial charge in [-0.05, 0) is 37.5 Å². The molecule has 2 fully saturated rings. The molecule has 1 aliphatic carbocycles. The van der Waals surface area contributed by atoms with Crippen molar-refractivity contribution in [1.29, 1.82) is 0 Å². The standard InChI is InChI=1S/C18H21F3N2O2S/c1-2-22(16(25)12-3-4-12)9-10-23-15(24)11-26-17(23)13-5-7-14(8-6-13)18(19,20)21/h5-8,12,17H,2-4,9-11H2,1H3/t17-/m1/s1.